The fourth-order valence-electron chi connectivity index (χ4n) is 6.98. The van der Waals surface area contributed by atoms with Crippen LogP contribution in [-0.2, 0) is 9.59 Å². The van der Waals surface area contributed by atoms with Crippen molar-refractivity contribution in [3.05, 3.63) is 95.4 Å². The summed E-state index contributed by atoms with van der Waals surface area (Å²) >= 11 is 0. The summed E-state index contributed by atoms with van der Waals surface area (Å²) in [4.78, 5) is 43.7. The van der Waals surface area contributed by atoms with Crippen LogP contribution in [0, 0.1) is 0 Å². The number of allylic oxidation sites excluding steroid dienone is 4. The van der Waals surface area contributed by atoms with Gasteiger partial charge in [-0.05, 0) is 82.6 Å². The number of hydrogen-bond donors (Lipinski definition) is 3. The number of imidazole rings is 1. The molecule has 7 rings (SSSR count). The molecular formula is C36H41N7O3. The molecule has 1 unspecified atom stereocenters. The summed E-state index contributed by atoms with van der Waals surface area (Å²) < 4.78 is 6.29. The molecule has 1 aliphatic carbocycles. The van der Waals surface area contributed by atoms with Gasteiger partial charge in [0.1, 0.15) is 11.9 Å². The second kappa shape index (κ2) is 12.7. The number of H-pyrrole nitrogens is 1. The van der Waals surface area contributed by atoms with Crippen molar-refractivity contribution in [2.45, 2.75) is 63.1 Å². The average molecular weight is 620 g/mol. The highest BCUT2D eigenvalue weighted by Gasteiger charge is 2.37. The quantitative estimate of drug-likeness (QED) is 0.243. The van der Waals surface area contributed by atoms with Gasteiger partial charge in [0.25, 0.3) is 0 Å². The Morgan fingerprint density at radius 1 is 1.11 bits per heavy atom. The highest BCUT2D eigenvalue weighted by Crippen LogP contribution is 2.36. The molecule has 3 N–H and O–H groups in total. The van der Waals surface area contributed by atoms with Gasteiger partial charge in [-0.1, -0.05) is 42.5 Å². The number of likely N-dealkylation sites (tertiary alicyclic amines) is 1. The Kier molecular flexibility index (Phi) is 8.31. The van der Waals surface area contributed by atoms with E-state index in [0.717, 1.165) is 71.5 Å². The van der Waals surface area contributed by atoms with Crippen molar-refractivity contribution in [3.8, 4) is 11.3 Å². The Labute approximate surface area is 269 Å². The predicted octanol–water partition coefficient (Wildman–Crippen LogP) is 5.37. The third-order valence-electron chi connectivity index (χ3n) is 9.47. The Balaban J connectivity index is 1.07. The number of carbonyl (C=O) groups is 2. The van der Waals surface area contributed by atoms with E-state index in [0.29, 0.717) is 24.6 Å². The first kappa shape index (κ1) is 30.1. The zero-order valence-corrected chi connectivity index (χ0v) is 26.6. The molecule has 4 atom stereocenters. The van der Waals surface area contributed by atoms with E-state index in [1.54, 1.807) is 6.20 Å². The number of carbonyl (C=O) groups excluding carboxylic acids is 2. The fraction of sp³-hybridized carbons (Fsp3) is 0.389. The Hall–Kier alpha value is -4.54. The van der Waals surface area contributed by atoms with Gasteiger partial charge in [0.05, 0.1) is 35.2 Å². The molecule has 2 aliphatic heterocycles. The second-order valence-corrected chi connectivity index (χ2v) is 12.9. The molecule has 10 nitrogen and oxygen atoms in total. The molecule has 3 aliphatic rings. The van der Waals surface area contributed by atoms with Gasteiger partial charge in [-0.15, -0.1) is 0 Å². The molecule has 238 valence electrons. The van der Waals surface area contributed by atoms with E-state index in [1.807, 2.05) is 85.4 Å². The van der Waals surface area contributed by atoms with Gasteiger partial charge in [0.15, 0.2) is 5.76 Å². The van der Waals surface area contributed by atoms with Gasteiger partial charge in [0, 0.05) is 24.2 Å². The Morgan fingerprint density at radius 3 is 2.74 bits per heavy atom. The summed E-state index contributed by atoms with van der Waals surface area (Å²) in [6, 6.07) is 15.4. The molecule has 4 aromatic rings. The van der Waals surface area contributed by atoms with Crippen LogP contribution >= 0.6 is 0 Å². The standard InChI is InChI=1S/C36H41N7O3/c1-22-13-14-25(20-28(22)41-34(44)27-11-7-17-37-27)35-38-21-31(46-35)24-15-16-26-29(19-24)40-33(39-26)30-12-8-18-43(30)36(45)32(42(2)3)23-9-5-4-6-10-23/h4-6,9-10,13-16,19,21,25,27,30,32,37H,7-8,11-12,17-18,20H2,1-3H3,(H,39,40)(H,41,44)/t25?,27-,30-,32+/m0/s1. The summed E-state index contributed by atoms with van der Waals surface area (Å²) in [7, 11) is 3.90. The van der Waals surface area contributed by atoms with Gasteiger partial charge in [-0.3, -0.25) is 14.5 Å². The lowest BCUT2D eigenvalue weighted by atomic mass is 9.94. The third kappa shape index (κ3) is 5.90. The van der Waals surface area contributed by atoms with Crippen molar-refractivity contribution in [1.29, 1.82) is 0 Å². The van der Waals surface area contributed by atoms with Crippen molar-refractivity contribution in [2.24, 2.45) is 0 Å². The number of likely N-dealkylation sites (N-methyl/N-ethyl adjacent to an activating group) is 1. The van der Waals surface area contributed by atoms with E-state index < -0.39 is 0 Å². The lowest BCUT2D eigenvalue weighted by Crippen LogP contribution is -2.40. The molecular weight excluding hydrogens is 578 g/mol. The molecule has 2 amide bonds. The van der Waals surface area contributed by atoms with E-state index in [2.05, 4.69) is 26.7 Å². The molecule has 46 heavy (non-hydrogen) atoms. The maximum atomic E-state index is 13.9. The summed E-state index contributed by atoms with van der Waals surface area (Å²) in [6.07, 6.45) is 10.2. The van der Waals surface area contributed by atoms with Crippen molar-refractivity contribution in [1.82, 2.24) is 35.4 Å². The topological polar surface area (TPSA) is 119 Å². The third-order valence-corrected chi connectivity index (χ3v) is 9.47. The normalized spacial score (nSPS) is 22.3. The summed E-state index contributed by atoms with van der Waals surface area (Å²) in [5.74, 6) is 2.14. The number of nitrogens with one attached hydrogen (secondary N) is 3. The first-order chi connectivity index (χ1) is 22.4. The van der Waals surface area contributed by atoms with Gasteiger partial charge < -0.3 is 24.9 Å². The van der Waals surface area contributed by atoms with Crippen molar-refractivity contribution in [3.63, 3.8) is 0 Å². The van der Waals surface area contributed by atoms with E-state index in [9.17, 15) is 9.59 Å². The van der Waals surface area contributed by atoms with Crippen LogP contribution in [0.25, 0.3) is 22.4 Å². The number of benzene rings is 2. The second-order valence-electron chi connectivity index (χ2n) is 12.9. The molecule has 2 saturated heterocycles. The maximum absolute atomic E-state index is 13.9. The minimum Gasteiger partial charge on any atom is -0.440 e. The molecule has 0 radical (unpaired) electrons. The average Bonchev–Trinajstić information content (AvgIpc) is 3.88. The van der Waals surface area contributed by atoms with Crippen LogP contribution in [0.4, 0.5) is 0 Å². The van der Waals surface area contributed by atoms with Crippen LogP contribution in [0.15, 0.2) is 82.6 Å². The molecule has 0 spiro atoms. The number of oxazole rings is 1. The summed E-state index contributed by atoms with van der Waals surface area (Å²) in [5, 5.41) is 6.41. The van der Waals surface area contributed by atoms with Crippen molar-refractivity contribution < 1.29 is 14.0 Å². The summed E-state index contributed by atoms with van der Waals surface area (Å²) in [5.41, 5.74) is 5.58. The van der Waals surface area contributed by atoms with E-state index in [4.69, 9.17) is 9.40 Å². The van der Waals surface area contributed by atoms with E-state index >= 15 is 0 Å². The van der Waals surface area contributed by atoms with Gasteiger partial charge in [-0.25, -0.2) is 9.97 Å². The lowest BCUT2D eigenvalue weighted by Gasteiger charge is -2.31. The van der Waals surface area contributed by atoms with Crippen LogP contribution in [-0.4, -0.2) is 69.8 Å². The van der Waals surface area contributed by atoms with Gasteiger partial charge in [0.2, 0.25) is 17.7 Å². The Morgan fingerprint density at radius 2 is 1.96 bits per heavy atom. The van der Waals surface area contributed by atoms with E-state index in [1.165, 1.54) is 0 Å². The number of hydrogen-bond acceptors (Lipinski definition) is 7. The Bertz CT molecular complexity index is 1800. The molecule has 4 heterocycles. The first-order valence-corrected chi connectivity index (χ1v) is 16.3. The number of fused-ring (bicyclic) bond motifs is 1. The van der Waals surface area contributed by atoms with Crippen LogP contribution in [0.2, 0.25) is 0 Å². The van der Waals surface area contributed by atoms with Crippen molar-refractivity contribution in [2.75, 3.05) is 27.2 Å². The van der Waals surface area contributed by atoms with Crippen LogP contribution < -0.4 is 10.6 Å². The van der Waals surface area contributed by atoms with Crippen molar-refractivity contribution >= 4 is 22.8 Å². The minimum atomic E-state index is -0.353. The molecule has 2 aromatic heterocycles. The van der Waals surface area contributed by atoms with Gasteiger partial charge >= 0.3 is 0 Å². The molecule has 0 saturated carbocycles. The van der Waals surface area contributed by atoms with Gasteiger partial charge in [-0.2, -0.15) is 0 Å². The summed E-state index contributed by atoms with van der Waals surface area (Å²) in [6.45, 7) is 3.61. The van der Waals surface area contributed by atoms with Crippen LogP contribution in [0.5, 0.6) is 0 Å². The SMILES string of the molecule is CC1=C(NC(=O)[C@@H]2CCCN2)CC(c2ncc(-c3ccc4nc([C@@H]5CCCN5C(=O)[C@@H](c5ccccc5)N(C)C)[nH]c4c3)o2)C=C1. The highest BCUT2D eigenvalue weighted by molar-refractivity contribution is 5.85. The lowest BCUT2D eigenvalue weighted by molar-refractivity contribution is -0.137. The molecule has 0 bridgehead atoms. The molecule has 2 fully saturated rings. The first-order valence-electron chi connectivity index (χ1n) is 16.3. The molecule has 10 heteroatoms. The number of nitrogens with zero attached hydrogens (tertiary/aromatic N) is 4. The zero-order chi connectivity index (χ0) is 31.8. The van der Waals surface area contributed by atoms with Crippen LogP contribution in [0.1, 0.15) is 74.3 Å². The van der Waals surface area contributed by atoms with E-state index in [-0.39, 0.29) is 35.9 Å². The number of aromatic nitrogens is 3. The predicted molar refractivity (Wildman–Crippen MR) is 177 cm³/mol. The van der Waals surface area contributed by atoms with Crippen LogP contribution in [0.3, 0.4) is 0 Å². The molecule has 2 aromatic carbocycles. The monoisotopic (exact) mass is 619 g/mol. The number of rotatable bonds is 8. The number of aromatic amines is 1. The maximum Gasteiger partial charge on any atom is 0.245 e. The highest BCUT2D eigenvalue weighted by atomic mass is 16.4. The zero-order valence-electron chi connectivity index (χ0n) is 26.6. The largest absolute Gasteiger partial charge is 0.440 e. The smallest absolute Gasteiger partial charge is 0.245 e. The number of amides is 2. The fourth-order valence-corrected chi connectivity index (χ4v) is 6.98. The minimum absolute atomic E-state index is 0.0278.